The number of alkyl halides is 2. The Bertz CT molecular complexity index is 521. The number of halogens is 2. The van der Waals surface area contributed by atoms with Crippen LogP contribution in [0.1, 0.15) is 15.9 Å². The van der Waals surface area contributed by atoms with Crippen molar-refractivity contribution in [3.63, 3.8) is 0 Å². The van der Waals surface area contributed by atoms with Gasteiger partial charge in [-0.3, -0.25) is 4.79 Å². The zero-order valence-electron chi connectivity index (χ0n) is 9.31. The van der Waals surface area contributed by atoms with E-state index < -0.39 is 6.61 Å². The van der Waals surface area contributed by atoms with Crippen LogP contribution in [0.3, 0.4) is 0 Å². The van der Waals surface area contributed by atoms with Gasteiger partial charge in [0.15, 0.2) is 5.78 Å². The minimum atomic E-state index is -2.95. The zero-order valence-corrected chi connectivity index (χ0v) is 9.31. The summed E-state index contributed by atoms with van der Waals surface area (Å²) in [4.78, 5) is 11.9. The van der Waals surface area contributed by atoms with Crippen molar-refractivity contribution < 1.29 is 22.7 Å². The Balaban J connectivity index is 2.19. The van der Waals surface area contributed by atoms with E-state index in [9.17, 15) is 13.6 Å². The van der Waals surface area contributed by atoms with Gasteiger partial charge < -0.3 is 9.15 Å². The first-order valence-corrected chi connectivity index (χ1v) is 5.25. The number of Topliss-reactive ketones (excluding diaryl/α,β-unsaturated/α-hetero) is 1. The average molecular weight is 252 g/mol. The summed E-state index contributed by atoms with van der Waals surface area (Å²) < 4.78 is 33.5. The molecule has 0 aliphatic rings. The number of hydrogen-bond acceptors (Lipinski definition) is 3. The van der Waals surface area contributed by atoms with Crippen LogP contribution in [-0.4, -0.2) is 12.4 Å². The van der Waals surface area contributed by atoms with Crippen molar-refractivity contribution >= 4 is 5.78 Å². The highest BCUT2D eigenvalue weighted by Gasteiger charge is 2.15. The molecule has 2 aromatic rings. The maximum Gasteiger partial charge on any atom is 0.387 e. The van der Waals surface area contributed by atoms with E-state index in [4.69, 9.17) is 4.42 Å². The standard InChI is InChI=1S/C13H10F2O3/c14-13(15)18-12-4-2-1-3-10(12)11(16)7-9-5-6-17-8-9/h1-6,8,13H,7H2. The van der Waals surface area contributed by atoms with E-state index in [1.165, 1.54) is 30.7 Å². The number of furan rings is 1. The third kappa shape index (κ3) is 2.94. The van der Waals surface area contributed by atoms with E-state index in [-0.39, 0.29) is 23.5 Å². The first-order chi connectivity index (χ1) is 8.66. The highest BCUT2D eigenvalue weighted by Crippen LogP contribution is 2.22. The maximum absolute atomic E-state index is 12.2. The highest BCUT2D eigenvalue weighted by molar-refractivity contribution is 5.99. The summed E-state index contributed by atoms with van der Waals surface area (Å²) in [5, 5.41) is 0. The molecule has 0 amide bonds. The van der Waals surface area contributed by atoms with Crippen LogP contribution in [0.2, 0.25) is 0 Å². The summed E-state index contributed by atoms with van der Waals surface area (Å²) in [6.45, 7) is -2.95. The fourth-order valence-corrected chi connectivity index (χ4v) is 1.57. The summed E-state index contributed by atoms with van der Waals surface area (Å²) in [5.74, 6) is -0.409. The molecule has 0 N–H and O–H groups in total. The number of hydrogen-bond donors (Lipinski definition) is 0. The molecule has 18 heavy (non-hydrogen) atoms. The molecule has 0 fully saturated rings. The molecule has 0 radical (unpaired) electrons. The first kappa shape index (κ1) is 12.3. The second kappa shape index (κ2) is 5.44. The maximum atomic E-state index is 12.2. The molecule has 0 saturated heterocycles. The molecule has 0 saturated carbocycles. The summed E-state index contributed by atoms with van der Waals surface area (Å²) in [6, 6.07) is 7.58. The SMILES string of the molecule is O=C(Cc1ccoc1)c1ccccc1OC(F)F. The third-order valence-electron chi connectivity index (χ3n) is 2.35. The van der Waals surface area contributed by atoms with Crippen molar-refractivity contribution in [3.05, 3.63) is 54.0 Å². The fourth-order valence-electron chi connectivity index (χ4n) is 1.57. The van der Waals surface area contributed by atoms with Gasteiger partial charge in [0.25, 0.3) is 0 Å². The van der Waals surface area contributed by atoms with Crippen molar-refractivity contribution in [2.24, 2.45) is 0 Å². The number of benzene rings is 1. The number of rotatable bonds is 5. The Morgan fingerprint density at radius 1 is 1.28 bits per heavy atom. The van der Waals surface area contributed by atoms with E-state index in [1.807, 2.05) is 0 Å². The zero-order chi connectivity index (χ0) is 13.0. The number of carbonyl (C=O) groups is 1. The average Bonchev–Trinajstić information content (AvgIpc) is 2.81. The molecule has 0 unspecified atom stereocenters. The van der Waals surface area contributed by atoms with E-state index in [2.05, 4.69) is 4.74 Å². The first-order valence-electron chi connectivity index (χ1n) is 5.25. The van der Waals surface area contributed by atoms with Crippen LogP contribution in [-0.2, 0) is 6.42 Å². The lowest BCUT2D eigenvalue weighted by Crippen LogP contribution is -2.09. The van der Waals surface area contributed by atoms with Crippen molar-refractivity contribution in [1.82, 2.24) is 0 Å². The van der Waals surface area contributed by atoms with Gasteiger partial charge in [-0.25, -0.2) is 0 Å². The van der Waals surface area contributed by atoms with Crippen molar-refractivity contribution in [2.45, 2.75) is 13.0 Å². The van der Waals surface area contributed by atoms with Crippen molar-refractivity contribution in [1.29, 1.82) is 0 Å². The van der Waals surface area contributed by atoms with E-state index in [1.54, 1.807) is 12.1 Å². The molecule has 5 heteroatoms. The normalized spacial score (nSPS) is 10.6. The molecule has 94 valence electrons. The molecule has 2 rings (SSSR count). The molecular formula is C13H10F2O3. The van der Waals surface area contributed by atoms with E-state index in [0.29, 0.717) is 5.56 Å². The van der Waals surface area contributed by atoms with Crippen LogP contribution in [0, 0.1) is 0 Å². The molecule has 0 bridgehead atoms. The van der Waals surface area contributed by atoms with Gasteiger partial charge in [0.1, 0.15) is 5.75 Å². The van der Waals surface area contributed by atoms with Crippen LogP contribution in [0.4, 0.5) is 8.78 Å². The lowest BCUT2D eigenvalue weighted by molar-refractivity contribution is -0.0501. The number of ketones is 1. The smallest absolute Gasteiger partial charge is 0.387 e. The molecule has 0 spiro atoms. The second-order valence-electron chi connectivity index (χ2n) is 3.61. The van der Waals surface area contributed by atoms with Crippen molar-refractivity contribution in [2.75, 3.05) is 0 Å². The monoisotopic (exact) mass is 252 g/mol. The highest BCUT2D eigenvalue weighted by atomic mass is 19.3. The van der Waals surface area contributed by atoms with Gasteiger partial charge in [0, 0.05) is 6.42 Å². The molecular weight excluding hydrogens is 242 g/mol. The molecule has 3 nitrogen and oxygen atoms in total. The van der Waals surface area contributed by atoms with Gasteiger partial charge >= 0.3 is 6.61 Å². The third-order valence-corrected chi connectivity index (χ3v) is 2.35. The summed E-state index contributed by atoms with van der Waals surface area (Å²) in [7, 11) is 0. The van der Waals surface area contributed by atoms with E-state index in [0.717, 1.165) is 0 Å². The Labute approximate surface area is 102 Å². The predicted octanol–water partition coefficient (Wildman–Crippen LogP) is 3.31. The Morgan fingerprint density at radius 2 is 2.06 bits per heavy atom. The quantitative estimate of drug-likeness (QED) is 0.766. The van der Waals surface area contributed by atoms with Crippen LogP contribution in [0.5, 0.6) is 5.75 Å². The summed E-state index contributed by atoms with van der Waals surface area (Å²) >= 11 is 0. The molecule has 0 aliphatic carbocycles. The number of para-hydroxylation sites is 1. The van der Waals surface area contributed by atoms with Crippen molar-refractivity contribution in [3.8, 4) is 5.75 Å². The molecule has 0 atom stereocenters. The molecule has 1 aromatic heterocycles. The summed E-state index contributed by atoms with van der Waals surface area (Å²) in [5.41, 5.74) is 0.825. The second-order valence-corrected chi connectivity index (χ2v) is 3.61. The van der Waals surface area contributed by atoms with Gasteiger partial charge in [0.05, 0.1) is 18.1 Å². The predicted molar refractivity (Wildman–Crippen MR) is 59.8 cm³/mol. The lowest BCUT2D eigenvalue weighted by atomic mass is 10.0. The number of carbonyl (C=O) groups excluding carboxylic acids is 1. The van der Waals surface area contributed by atoms with Crippen LogP contribution < -0.4 is 4.74 Å². The summed E-state index contributed by atoms with van der Waals surface area (Å²) in [6.07, 6.45) is 2.97. The van der Waals surface area contributed by atoms with Gasteiger partial charge in [-0.05, 0) is 23.8 Å². The molecule has 1 heterocycles. The Kier molecular flexibility index (Phi) is 3.72. The van der Waals surface area contributed by atoms with Crippen LogP contribution in [0.25, 0.3) is 0 Å². The number of ether oxygens (including phenoxy) is 1. The van der Waals surface area contributed by atoms with Crippen LogP contribution >= 0.6 is 0 Å². The fraction of sp³-hybridized carbons (Fsp3) is 0.154. The largest absolute Gasteiger partial charge is 0.472 e. The molecule has 0 aliphatic heterocycles. The Hall–Kier alpha value is -2.17. The Morgan fingerprint density at radius 3 is 2.72 bits per heavy atom. The van der Waals surface area contributed by atoms with Gasteiger partial charge in [-0.15, -0.1) is 0 Å². The van der Waals surface area contributed by atoms with Crippen LogP contribution in [0.15, 0.2) is 47.3 Å². The van der Waals surface area contributed by atoms with E-state index >= 15 is 0 Å². The molecule has 1 aromatic carbocycles. The minimum absolute atomic E-state index is 0.0834. The van der Waals surface area contributed by atoms with Gasteiger partial charge in [-0.1, -0.05) is 12.1 Å². The topological polar surface area (TPSA) is 39.4 Å². The lowest BCUT2D eigenvalue weighted by Gasteiger charge is -2.09. The minimum Gasteiger partial charge on any atom is -0.472 e. The van der Waals surface area contributed by atoms with Gasteiger partial charge in [0.2, 0.25) is 0 Å². The van der Waals surface area contributed by atoms with Gasteiger partial charge in [-0.2, -0.15) is 8.78 Å².